The van der Waals surface area contributed by atoms with Crippen LogP contribution in [0.15, 0.2) is 47.2 Å². The smallest absolute Gasteiger partial charge is 0.156 e. The van der Waals surface area contributed by atoms with Crippen LogP contribution in [0.4, 0.5) is 0 Å². The van der Waals surface area contributed by atoms with E-state index in [1.807, 2.05) is 6.07 Å². The number of para-hydroxylation sites is 1. The predicted octanol–water partition coefficient (Wildman–Crippen LogP) is 3.18. The molecule has 0 fully saturated rings. The molecule has 20 heavy (non-hydrogen) atoms. The van der Waals surface area contributed by atoms with Gasteiger partial charge < -0.3 is 14.4 Å². The molecule has 0 aliphatic carbocycles. The molecule has 4 nitrogen and oxygen atoms in total. The van der Waals surface area contributed by atoms with Gasteiger partial charge in [0.25, 0.3) is 0 Å². The van der Waals surface area contributed by atoms with Crippen LogP contribution in [0.25, 0.3) is 10.9 Å². The molecule has 1 N–H and O–H groups in total. The van der Waals surface area contributed by atoms with Gasteiger partial charge in [-0.1, -0.05) is 37.2 Å². The maximum absolute atomic E-state index is 5.21. The molecule has 4 heteroatoms. The molecule has 2 aromatic heterocycles. The number of hydrogen-bond acceptors (Lipinski definition) is 3. The molecule has 3 rings (SSSR count). The highest BCUT2D eigenvalue weighted by Gasteiger charge is 2.08. The molecule has 0 unspecified atom stereocenters. The van der Waals surface area contributed by atoms with Crippen LogP contribution >= 0.6 is 0 Å². The summed E-state index contributed by atoms with van der Waals surface area (Å²) in [5, 5.41) is 8.50. The zero-order valence-electron chi connectivity index (χ0n) is 11.8. The zero-order chi connectivity index (χ0) is 13.9. The minimum Gasteiger partial charge on any atom is -0.359 e. The van der Waals surface area contributed by atoms with Gasteiger partial charge in [0.05, 0.1) is 18.3 Å². The largest absolute Gasteiger partial charge is 0.359 e. The van der Waals surface area contributed by atoms with Gasteiger partial charge in [-0.25, -0.2) is 0 Å². The summed E-state index contributed by atoms with van der Waals surface area (Å²) in [5.74, 6) is 0.870. The molecule has 0 aliphatic rings. The summed E-state index contributed by atoms with van der Waals surface area (Å²) in [5.41, 5.74) is 2.57. The number of rotatable bonds is 5. The molecule has 0 saturated carbocycles. The minimum atomic E-state index is 0.475. The molecule has 0 saturated heterocycles. The average molecular weight is 269 g/mol. The van der Waals surface area contributed by atoms with E-state index in [9.17, 15) is 0 Å². The molecule has 0 bridgehead atoms. The molecule has 104 valence electrons. The van der Waals surface area contributed by atoms with Crippen molar-refractivity contribution >= 4 is 10.9 Å². The number of hydrogen-bond donors (Lipinski definition) is 1. The van der Waals surface area contributed by atoms with Gasteiger partial charge in [-0.05, 0) is 17.0 Å². The zero-order valence-corrected chi connectivity index (χ0v) is 11.8. The Morgan fingerprint density at radius 1 is 1.25 bits per heavy atom. The standard InChI is InChI=1S/C16H19N3O/c1-12(2)17-10-14-5-3-4-13-7-9-19(16(13)14)11-15-6-8-18-20-15/h3-9,12,17H,10-11H2,1-2H3. The van der Waals surface area contributed by atoms with Gasteiger partial charge in [-0.15, -0.1) is 0 Å². The van der Waals surface area contributed by atoms with Crippen molar-refractivity contribution in [2.24, 2.45) is 0 Å². The van der Waals surface area contributed by atoms with Crippen LogP contribution in [0, 0.1) is 0 Å². The van der Waals surface area contributed by atoms with Crippen LogP contribution in [-0.2, 0) is 13.1 Å². The van der Waals surface area contributed by atoms with Gasteiger partial charge >= 0.3 is 0 Å². The first kappa shape index (κ1) is 12.9. The highest BCUT2D eigenvalue weighted by molar-refractivity contribution is 5.83. The van der Waals surface area contributed by atoms with Crippen LogP contribution < -0.4 is 5.32 Å². The van der Waals surface area contributed by atoms with Gasteiger partial charge in [0, 0.05) is 24.8 Å². The van der Waals surface area contributed by atoms with Gasteiger partial charge in [-0.3, -0.25) is 0 Å². The summed E-state index contributed by atoms with van der Waals surface area (Å²) in [6.45, 7) is 5.90. The van der Waals surface area contributed by atoms with Crippen molar-refractivity contribution in [3.8, 4) is 0 Å². The van der Waals surface area contributed by atoms with E-state index in [2.05, 4.69) is 59.4 Å². The number of fused-ring (bicyclic) bond motifs is 1. The monoisotopic (exact) mass is 269 g/mol. The van der Waals surface area contributed by atoms with Crippen molar-refractivity contribution < 1.29 is 4.52 Å². The fourth-order valence-electron chi connectivity index (χ4n) is 2.42. The Morgan fingerprint density at radius 3 is 2.90 bits per heavy atom. The van der Waals surface area contributed by atoms with Crippen molar-refractivity contribution in [3.63, 3.8) is 0 Å². The van der Waals surface area contributed by atoms with Crippen molar-refractivity contribution in [2.45, 2.75) is 33.0 Å². The summed E-state index contributed by atoms with van der Waals surface area (Å²) in [7, 11) is 0. The lowest BCUT2D eigenvalue weighted by molar-refractivity contribution is 0.377. The SMILES string of the molecule is CC(C)NCc1cccc2ccn(Cc3ccno3)c12. The fraction of sp³-hybridized carbons (Fsp3) is 0.312. The number of nitrogens with one attached hydrogen (secondary N) is 1. The van der Waals surface area contributed by atoms with Crippen LogP contribution in [0.5, 0.6) is 0 Å². The Balaban J connectivity index is 1.96. The van der Waals surface area contributed by atoms with Gasteiger partial charge in [-0.2, -0.15) is 0 Å². The summed E-state index contributed by atoms with van der Waals surface area (Å²) in [6, 6.07) is 11.0. The summed E-state index contributed by atoms with van der Waals surface area (Å²) in [6.07, 6.45) is 3.79. The Bertz CT molecular complexity index is 683. The average Bonchev–Trinajstić information content (AvgIpc) is 3.07. The topological polar surface area (TPSA) is 43.0 Å². The first-order valence-electron chi connectivity index (χ1n) is 6.94. The van der Waals surface area contributed by atoms with Crippen LogP contribution in [0.3, 0.4) is 0 Å². The minimum absolute atomic E-state index is 0.475. The predicted molar refractivity (Wildman–Crippen MR) is 79.5 cm³/mol. The molecule has 0 radical (unpaired) electrons. The molecule has 0 aliphatic heterocycles. The molecule has 0 spiro atoms. The second-order valence-corrected chi connectivity index (χ2v) is 5.31. The fourth-order valence-corrected chi connectivity index (χ4v) is 2.42. The van der Waals surface area contributed by atoms with E-state index >= 15 is 0 Å². The molecule has 0 atom stereocenters. The molecular formula is C16H19N3O. The van der Waals surface area contributed by atoms with E-state index in [4.69, 9.17) is 4.52 Å². The third-order valence-electron chi connectivity index (χ3n) is 3.39. The molecular weight excluding hydrogens is 250 g/mol. The Morgan fingerprint density at radius 2 is 2.15 bits per heavy atom. The van der Waals surface area contributed by atoms with E-state index in [-0.39, 0.29) is 0 Å². The van der Waals surface area contributed by atoms with Crippen molar-refractivity contribution in [3.05, 3.63) is 54.0 Å². The lowest BCUT2D eigenvalue weighted by Gasteiger charge is -2.11. The lowest BCUT2D eigenvalue weighted by Crippen LogP contribution is -2.22. The van der Waals surface area contributed by atoms with Crippen molar-refractivity contribution in [2.75, 3.05) is 0 Å². The molecule has 2 heterocycles. The summed E-state index contributed by atoms with van der Waals surface area (Å²) >= 11 is 0. The van der Waals surface area contributed by atoms with Gasteiger partial charge in [0.1, 0.15) is 0 Å². The normalized spacial score (nSPS) is 11.6. The van der Waals surface area contributed by atoms with Crippen LogP contribution in [0.1, 0.15) is 25.2 Å². The van der Waals surface area contributed by atoms with E-state index < -0.39 is 0 Å². The van der Waals surface area contributed by atoms with E-state index in [0.29, 0.717) is 12.6 Å². The third-order valence-corrected chi connectivity index (χ3v) is 3.39. The van der Waals surface area contributed by atoms with E-state index in [1.54, 1.807) is 6.20 Å². The Kier molecular flexibility index (Phi) is 3.56. The van der Waals surface area contributed by atoms with Crippen molar-refractivity contribution in [1.82, 2.24) is 15.0 Å². The second-order valence-electron chi connectivity index (χ2n) is 5.31. The van der Waals surface area contributed by atoms with Crippen molar-refractivity contribution in [1.29, 1.82) is 0 Å². The Hall–Kier alpha value is -2.07. The molecule has 3 aromatic rings. The number of nitrogens with zero attached hydrogens (tertiary/aromatic N) is 2. The number of aromatic nitrogens is 2. The third kappa shape index (κ3) is 2.60. The summed E-state index contributed by atoms with van der Waals surface area (Å²) < 4.78 is 7.42. The van der Waals surface area contributed by atoms with E-state index in [0.717, 1.165) is 12.3 Å². The lowest BCUT2D eigenvalue weighted by atomic mass is 10.1. The Labute approximate surface area is 118 Å². The van der Waals surface area contributed by atoms with Gasteiger partial charge in [0.2, 0.25) is 0 Å². The van der Waals surface area contributed by atoms with Gasteiger partial charge in [0.15, 0.2) is 5.76 Å². The first-order chi connectivity index (χ1) is 9.74. The molecule has 0 amide bonds. The second kappa shape index (κ2) is 5.51. The van der Waals surface area contributed by atoms with E-state index in [1.165, 1.54) is 16.5 Å². The quantitative estimate of drug-likeness (QED) is 0.773. The highest BCUT2D eigenvalue weighted by atomic mass is 16.5. The first-order valence-corrected chi connectivity index (χ1v) is 6.94. The maximum Gasteiger partial charge on any atom is 0.156 e. The van der Waals surface area contributed by atoms with Crippen LogP contribution in [-0.4, -0.2) is 15.8 Å². The maximum atomic E-state index is 5.21. The molecule has 1 aromatic carbocycles. The number of benzene rings is 1. The highest BCUT2D eigenvalue weighted by Crippen LogP contribution is 2.21. The van der Waals surface area contributed by atoms with Crippen LogP contribution in [0.2, 0.25) is 0 Å². The summed E-state index contributed by atoms with van der Waals surface area (Å²) in [4.78, 5) is 0.